The molecule has 0 aliphatic carbocycles. The van der Waals surface area contributed by atoms with Gasteiger partial charge in [-0.05, 0) is 37.5 Å². The van der Waals surface area contributed by atoms with Crippen molar-refractivity contribution in [2.75, 3.05) is 5.73 Å². The van der Waals surface area contributed by atoms with Crippen LogP contribution in [0, 0.1) is 20.8 Å². The van der Waals surface area contributed by atoms with Crippen LogP contribution in [0.4, 0.5) is 5.82 Å². The van der Waals surface area contributed by atoms with E-state index < -0.39 is 0 Å². The van der Waals surface area contributed by atoms with Crippen molar-refractivity contribution < 1.29 is 4.74 Å². The first kappa shape index (κ1) is 12.6. The standard InChI is InChI=1S/C13H14ClN3O/c1-7-4-5-8(2)11(9(7)3)18-13-10(14)12(15)16-6-17-13/h4-6H,1-3H3,(H2,15,16,17). The highest BCUT2D eigenvalue weighted by Gasteiger charge is 2.13. The monoisotopic (exact) mass is 263 g/mol. The zero-order valence-corrected chi connectivity index (χ0v) is 11.2. The van der Waals surface area contributed by atoms with Gasteiger partial charge in [-0.25, -0.2) is 4.98 Å². The van der Waals surface area contributed by atoms with Crippen LogP contribution in [-0.4, -0.2) is 9.97 Å². The van der Waals surface area contributed by atoms with E-state index in [4.69, 9.17) is 22.1 Å². The molecule has 0 bridgehead atoms. The maximum Gasteiger partial charge on any atom is 0.243 e. The highest BCUT2D eigenvalue weighted by Crippen LogP contribution is 2.34. The summed E-state index contributed by atoms with van der Waals surface area (Å²) in [6.45, 7) is 5.99. The third-order valence-electron chi connectivity index (χ3n) is 2.86. The number of aryl methyl sites for hydroxylation is 2. The third kappa shape index (κ3) is 2.24. The van der Waals surface area contributed by atoms with Crippen molar-refractivity contribution in [1.82, 2.24) is 9.97 Å². The van der Waals surface area contributed by atoms with Crippen LogP contribution >= 0.6 is 11.6 Å². The van der Waals surface area contributed by atoms with E-state index in [9.17, 15) is 0 Å². The first-order valence-corrected chi connectivity index (χ1v) is 5.89. The first-order chi connectivity index (χ1) is 8.50. The van der Waals surface area contributed by atoms with E-state index in [1.54, 1.807) is 0 Å². The topological polar surface area (TPSA) is 61.0 Å². The number of hydrogen-bond donors (Lipinski definition) is 1. The molecule has 0 saturated heterocycles. The molecule has 0 unspecified atom stereocenters. The van der Waals surface area contributed by atoms with Gasteiger partial charge in [0.05, 0.1) is 0 Å². The normalized spacial score (nSPS) is 10.4. The molecular weight excluding hydrogens is 250 g/mol. The van der Waals surface area contributed by atoms with Gasteiger partial charge < -0.3 is 10.5 Å². The van der Waals surface area contributed by atoms with Crippen molar-refractivity contribution in [2.24, 2.45) is 0 Å². The molecule has 0 saturated carbocycles. The van der Waals surface area contributed by atoms with Crippen molar-refractivity contribution in [3.05, 3.63) is 40.2 Å². The summed E-state index contributed by atoms with van der Waals surface area (Å²) in [5.74, 6) is 1.25. The Morgan fingerprint density at radius 1 is 1.11 bits per heavy atom. The highest BCUT2D eigenvalue weighted by atomic mass is 35.5. The molecule has 1 heterocycles. The lowest BCUT2D eigenvalue weighted by Crippen LogP contribution is -1.99. The number of benzene rings is 1. The summed E-state index contributed by atoms with van der Waals surface area (Å²) < 4.78 is 5.77. The molecule has 0 aliphatic heterocycles. The molecule has 0 amide bonds. The van der Waals surface area contributed by atoms with Gasteiger partial charge in [0.2, 0.25) is 5.88 Å². The van der Waals surface area contributed by atoms with Gasteiger partial charge in [-0.1, -0.05) is 23.7 Å². The number of nitrogens with zero attached hydrogens (tertiary/aromatic N) is 2. The quantitative estimate of drug-likeness (QED) is 0.902. The average Bonchev–Trinajstić information content (AvgIpc) is 2.35. The largest absolute Gasteiger partial charge is 0.437 e. The summed E-state index contributed by atoms with van der Waals surface area (Å²) in [5, 5.41) is 0.234. The number of ether oxygens (including phenoxy) is 1. The van der Waals surface area contributed by atoms with E-state index in [-0.39, 0.29) is 16.7 Å². The molecule has 0 fully saturated rings. The maximum atomic E-state index is 6.01. The number of halogens is 1. The van der Waals surface area contributed by atoms with Crippen LogP contribution in [0.5, 0.6) is 11.6 Å². The fourth-order valence-corrected chi connectivity index (χ4v) is 1.75. The van der Waals surface area contributed by atoms with Crippen molar-refractivity contribution in [1.29, 1.82) is 0 Å². The van der Waals surface area contributed by atoms with Crippen LogP contribution in [0.3, 0.4) is 0 Å². The Labute approximate surface area is 111 Å². The van der Waals surface area contributed by atoms with Gasteiger partial charge in [0, 0.05) is 0 Å². The average molecular weight is 264 g/mol. The third-order valence-corrected chi connectivity index (χ3v) is 3.21. The molecule has 1 aromatic carbocycles. The van der Waals surface area contributed by atoms with Crippen molar-refractivity contribution in [2.45, 2.75) is 20.8 Å². The van der Waals surface area contributed by atoms with Crippen LogP contribution in [0.15, 0.2) is 18.5 Å². The minimum Gasteiger partial charge on any atom is -0.437 e. The summed E-state index contributed by atoms with van der Waals surface area (Å²) in [6.07, 6.45) is 1.33. The lowest BCUT2D eigenvalue weighted by atomic mass is 10.1. The minimum absolute atomic E-state index is 0.213. The zero-order valence-electron chi connectivity index (χ0n) is 10.5. The molecule has 1 aromatic heterocycles. The fraction of sp³-hybridized carbons (Fsp3) is 0.231. The molecule has 18 heavy (non-hydrogen) atoms. The summed E-state index contributed by atoms with van der Waals surface area (Å²) in [7, 11) is 0. The van der Waals surface area contributed by atoms with E-state index in [0.29, 0.717) is 0 Å². The van der Waals surface area contributed by atoms with Gasteiger partial charge >= 0.3 is 0 Å². The number of aromatic nitrogens is 2. The van der Waals surface area contributed by atoms with Crippen LogP contribution in [-0.2, 0) is 0 Å². The van der Waals surface area contributed by atoms with Crippen molar-refractivity contribution >= 4 is 17.4 Å². The Morgan fingerprint density at radius 3 is 2.50 bits per heavy atom. The van der Waals surface area contributed by atoms with Gasteiger partial charge in [0.15, 0.2) is 0 Å². The van der Waals surface area contributed by atoms with Crippen molar-refractivity contribution in [3.8, 4) is 11.6 Å². The Balaban J connectivity index is 2.46. The number of nitrogens with two attached hydrogens (primary N) is 1. The Bertz CT molecular complexity index is 599. The summed E-state index contributed by atoms with van der Waals surface area (Å²) in [6, 6.07) is 4.05. The van der Waals surface area contributed by atoms with E-state index in [0.717, 1.165) is 22.4 Å². The predicted octanol–water partition coefficient (Wildman–Crippen LogP) is 3.43. The highest BCUT2D eigenvalue weighted by molar-refractivity contribution is 6.34. The predicted molar refractivity (Wildman–Crippen MR) is 72.2 cm³/mol. The van der Waals surface area contributed by atoms with Crippen molar-refractivity contribution in [3.63, 3.8) is 0 Å². The number of nitrogen functional groups attached to an aromatic ring is 1. The first-order valence-electron chi connectivity index (χ1n) is 5.51. The van der Waals surface area contributed by atoms with E-state index in [1.165, 1.54) is 6.33 Å². The SMILES string of the molecule is Cc1ccc(C)c(Oc2ncnc(N)c2Cl)c1C. The van der Waals surface area contributed by atoms with Crippen LogP contribution in [0.25, 0.3) is 0 Å². The molecule has 2 rings (SSSR count). The van der Waals surface area contributed by atoms with Crippen LogP contribution < -0.4 is 10.5 Å². The number of rotatable bonds is 2. The van der Waals surface area contributed by atoms with Crippen LogP contribution in [0.1, 0.15) is 16.7 Å². The molecule has 0 spiro atoms. The fourth-order valence-electron chi connectivity index (χ4n) is 1.62. The minimum atomic E-state index is 0.213. The Hall–Kier alpha value is -1.81. The Morgan fingerprint density at radius 2 is 1.78 bits per heavy atom. The number of hydrogen-bond acceptors (Lipinski definition) is 4. The molecule has 2 N–H and O–H groups in total. The van der Waals surface area contributed by atoms with Gasteiger partial charge in [-0.3, -0.25) is 0 Å². The van der Waals surface area contributed by atoms with E-state index in [2.05, 4.69) is 9.97 Å². The molecule has 0 radical (unpaired) electrons. The summed E-state index contributed by atoms with van der Waals surface area (Å²) >= 11 is 6.01. The second-order valence-corrected chi connectivity index (χ2v) is 4.51. The molecular formula is C13H14ClN3O. The molecule has 2 aromatic rings. The van der Waals surface area contributed by atoms with Gasteiger partial charge in [0.25, 0.3) is 0 Å². The van der Waals surface area contributed by atoms with Crippen LogP contribution in [0.2, 0.25) is 5.02 Å². The molecule has 4 nitrogen and oxygen atoms in total. The summed E-state index contributed by atoms with van der Waals surface area (Å²) in [4.78, 5) is 7.80. The molecule has 0 aliphatic rings. The van der Waals surface area contributed by atoms with Gasteiger partial charge in [-0.2, -0.15) is 4.98 Å². The maximum absolute atomic E-state index is 6.01. The second-order valence-electron chi connectivity index (χ2n) is 4.13. The summed E-state index contributed by atoms with van der Waals surface area (Å²) in [5.41, 5.74) is 8.84. The Kier molecular flexibility index (Phi) is 3.39. The molecule has 5 heteroatoms. The molecule has 94 valence electrons. The van der Waals surface area contributed by atoms with Gasteiger partial charge in [-0.15, -0.1) is 0 Å². The van der Waals surface area contributed by atoms with E-state index in [1.807, 2.05) is 32.9 Å². The second kappa shape index (κ2) is 4.82. The lowest BCUT2D eigenvalue weighted by molar-refractivity contribution is 0.455. The van der Waals surface area contributed by atoms with Gasteiger partial charge in [0.1, 0.15) is 22.9 Å². The molecule has 0 atom stereocenters. The lowest BCUT2D eigenvalue weighted by Gasteiger charge is -2.13. The smallest absolute Gasteiger partial charge is 0.243 e. The number of anilines is 1. The van der Waals surface area contributed by atoms with E-state index >= 15 is 0 Å². The zero-order chi connectivity index (χ0) is 13.3.